The maximum absolute atomic E-state index is 6.08. The number of pyridine rings is 1. The zero-order valence-electron chi connectivity index (χ0n) is 8.41. The maximum Gasteiger partial charge on any atom is 0.176 e. The van der Waals surface area contributed by atoms with Gasteiger partial charge in [0.1, 0.15) is 0 Å². The molecule has 0 saturated heterocycles. The Morgan fingerprint density at radius 3 is 2.00 bits per heavy atom. The van der Waals surface area contributed by atoms with Crippen molar-refractivity contribution in [1.29, 1.82) is 0 Å². The number of hydrogen-bond donors (Lipinski definition) is 0. The van der Waals surface area contributed by atoms with E-state index in [4.69, 9.17) is 23.2 Å². The normalized spacial score (nSPS) is 9.62. The third-order valence-electron chi connectivity index (χ3n) is 2.18. The molecule has 0 aliphatic heterocycles. The number of aromatic nitrogens is 1. The van der Waals surface area contributed by atoms with Crippen LogP contribution in [0.2, 0.25) is 10.0 Å². The van der Waals surface area contributed by atoms with E-state index in [2.05, 4.69) is 0 Å². The average molecular weight is 319 g/mol. The summed E-state index contributed by atoms with van der Waals surface area (Å²) < 4.78 is 2.03. The highest BCUT2D eigenvalue weighted by Gasteiger charge is 2.09. The highest BCUT2D eigenvalue weighted by Crippen LogP contribution is 2.23. The van der Waals surface area contributed by atoms with Gasteiger partial charge in [-0.3, -0.25) is 0 Å². The molecule has 1 aromatic heterocycles. The Hall–Kier alpha value is -0.570. The minimum absolute atomic E-state index is 0. The Morgan fingerprint density at radius 1 is 0.875 bits per heavy atom. The van der Waals surface area contributed by atoms with Gasteiger partial charge in [0.25, 0.3) is 0 Å². The summed E-state index contributed by atoms with van der Waals surface area (Å²) in [7, 11) is 0. The molecule has 0 amide bonds. The Bertz CT molecular complexity index is 440. The molecule has 4 heteroatoms. The number of benzene rings is 1. The van der Waals surface area contributed by atoms with Crippen LogP contribution in [0.15, 0.2) is 48.8 Å². The van der Waals surface area contributed by atoms with E-state index in [-0.39, 0.29) is 17.0 Å². The van der Waals surface area contributed by atoms with Crippen molar-refractivity contribution < 1.29 is 21.5 Å². The van der Waals surface area contributed by atoms with Gasteiger partial charge < -0.3 is 17.0 Å². The first-order chi connectivity index (χ1) is 7.27. The zero-order chi connectivity index (χ0) is 10.7. The van der Waals surface area contributed by atoms with Gasteiger partial charge in [-0.2, -0.15) is 0 Å². The van der Waals surface area contributed by atoms with Gasteiger partial charge in [-0.25, -0.2) is 4.57 Å². The van der Waals surface area contributed by atoms with E-state index >= 15 is 0 Å². The van der Waals surface area contributed by atoms with Gasteiger partial charge in [0, 0.05) is 12.1 Å². The van der Waals surface area contributed by atoms with Crippen molar-refractivity contribution in [1.82, 2.24) is 0 Å². The first-order valence-electron chi connectivity index (χ1n) is 4.64. The summed E-state index contributed by atoms with van der Waals surface area (Å²) in [6, 6.07) is 11.5. The second-order valence-electron chi connectivity index (χ2n) is 3.25. The molecule has 0 radical (unpaired) electrons. The summed E-state index contributed by atoms with van der Waals surface area (Å²) >= 11 is 12.2. The lowest BCUT2D eigenvalue weighted by Gasteiger charge is -2.02. The van der Waals surface area contributed by atoms with Crippen LogP contribution in [0.1, 0.15) is 5.56 Å². The molecule has 0 atom stereocenters. The SMILES string of the molecule is Clc1cccc(Cl)c1C[n+]1ccccc1.[Br-]. The fourth-order valence-corrected chi connectivity index (χ4v) is 1.92. The number of hydrogen-bond acceptors (Lipinski definition) is 0. The van der Waals surface area contributed by atoms with E-state index in [1.54, 1.807) is 0 Å². The first-order valence-corrected chi connectivity index (χ1v) is 5.40. The second kappa shape index (κ2) is 6.24. The van der Waals surface area contributed by atoms with E-state index in [0.717, 1.165) is 5.56 Å². The Morgan fingerprint density at radius 2 is 1.44 bits per heavy atom. The number of halogens is 3. The van der Waals surface area contributed by atoms with Gasteiger partial charge >= 0.3 is 0 Å². The van der Waals surface area contributed by atoms with Gasteiger partial charge in [-0.15, -0.1) is 0 Å². The van der Waals surface area contributed by atoms with Crippen molar-refractivity contribution >= 4 is 23.2 Å². The molecule has 0 aliphatic rings. The molecule has 1 nitrogen and oxygen atoms in total. The first kappa shape index (κ1) is 13.5. The topological polar surface area (TPSA) is 3.88 Å². The molecule has 16 heavy (non-hydrogen) atoms. The van der Waals surface area contributed by atoms with E-state index < -0.39 is 0 Å². The molecule has 0 N–H and O–H groups in total. The predicted octanol–water partition coefficient (Wildman–Crippen LogP) is 0.333. The van der Waals surface area contributed by atoms with Crippen molar-refractivity contribution in [2.24, 2.45) is 0 Å². The van der Waals surface area contributed by atoms with E-state index in [9.17, 15) is 0 Å². The quantitative estimate of drug-likeness (QED) is 0.703. The lowest BCUT2D eigenvalue weighted by molar-refractivity contribution is -0.688. The van der Waals surface area contributed by atoms with E-state index in [1.807, 2.05) is 53.4 Å². The minimum Gasteiger partial charge on any atom is -1.00 e. The molecule has 2 rings (SSSR count). The minimum atomic E-state index is 0. The molecule has 84 valence electrons. The van der Waals surface area contributed by atoms with Crippen LogP contribution < -0.4 is 21.5 Å². The Labute approximate surface area is 115 Å². The van der Waals surface area contributed by atoms with Crippen LogP contribution in [0.5, 0.6) is 0 Å². The van der Waals surface area contributed by atoms with Crippen LogP contribution in [0.3, 0.4) is 0 Å². The molecule has 0 unspecified atom stereocenters. The molecular weight excluding hydrogens is 309 g/mol. The molecule has 0 aliphatic carbocycles. The van der Waals surface area contributed by atoms with E-state index in [0.29, 0.717) is 16.6 Å². The standard InChI is InChI=1S/C12H10Cl2N.BrH/c13-11-5-4-6-12(14)10(11)9-15-7-2-1-3-8-15;/h1-8H,9H2;1H/q+1;/p-1. The van der Waals surface area contributed by atoms with Crippen LogP contribution in [-0.4, -0.2) is 0 Å². The third kappa shape index (κ3) is 3.21. The van der Waals surface area contributed by atoms with Crippen molar-refractivity contribution in [3.63, 3.8) is 0 Å². The maximum atomic E-state index is 6.08. The number of rotatable bonds is 2. The van der Waals surface area contributed by atoms with Gasteiger partial charge in [-0.1, -0.05) is 35.3 Å². The van der Waals surface area contributed by atoms with Crippen LogP contribution in [0.25, 0.3) is 0 Å². The molecule has 0 fully saturated rings. The van der Waals surface area contributed by atoms with Crippen molar-refractivity contribution in [3.05, 3.63) is 64.4 Å². The molecule has 1 aromatic carbocycles. The summed E-state index contributed by atoms with van der Waals surface area (Å²) in [4.78, 5) is 0. The second-order valence-corrected chi connectivity index (χ2v) is 4.06. The molecule has 1 heterocycles. The van der Waals surface area contributed by atoms with Gasteiger partial charge in [-0.05, 0) is 12.1 Å². The van der Waals surface area contributed by atoms with Gasteiger partial charge in [0.15, 0.2) is 18.9 Å². The van der Waals surface area contributed by atoms with Gasteiger partial charge in [0.05, 0.1) is 15.6 Å². The Kier molecular flexibility index (Phi) is 5.26. The van der Waals surface area contributed by atoms with Crippen LogP contribution in [-0.2, 0) is 6.54 Å². The Balaban J connectivity index is 0.00000128. The van der Waals surface area contributed by atoms with Crippen molar-refractivity contribution in [3.8, 4) is 0 Å². The third-order valence-corrected chi connectivity index (χ3v) is 2.89. The summed E-state index contributed by atoms with van der Waals surface area (Å²) in [5.74, 6) is 0. The number of nitrogens with zero attached hydrogens (tertiary/aromatic N) is 1. The highest BCUT2D eigenvalue weighted by molar-refractivity contribution is 6.35. The lowest BCUT2D eigenvalue weighted by atomic mass is 10.2. The molecule has 2 aromatic rings. The van der Waals surface area contributed by atoms with E-state index in [1.165, 1.54) is 0 Å². The fourth-order valence-electron chi connectivity index (χ4n) is 1.41. The molecular formula is C12H10BrCl2N. The van der Waals surface area contributed by atoms with Crippen LogP contribution >= 0.6 is 23.2 Å². The van der Waals surface area contributed by atoms with Crippen LogP contribution in [0, 0.1) is 0 Å². The monoisotopic (exact) mass is 317 g/mol. The average Bonchev–Trinajstić information content (AvgIpc) is 2.25. The lowest BCUT2D eigenvalue weighted by Crippen LogP contribution is -3.00. The summed E-state index contributed by atoms with van der Waals surface area (Å²) in [6.45, 7) is 0.694. The summed E-state index contributed by atoms with van der Waals surface area (Å²) in [5, 5.41) is 1.41. The summed E-state index contributed by atoms with van der Waals surface area (Å²) in [5.41, 5.74) is 0.956. The largest absolute Gasteiger partial charge is 1.00 e. The molecule has 0 bridgehead atoms. The fraction of sp³-hybridized carbons (Fsp3) is 0.0833. The summed E-state index contributed by atoms with van der Waals surface area (Å²) in [6.07, 6.45) is 3.97. The van der Waals surface area contributed by atoms with Crippen molar-refractivity contribution in [2.45, 2.75) is 6.54 Å². The highest BCUT2D eigenvalue weighted by atomic mass is 79.9. The van der Waals surface area contributed by atoms with Crippen LogP contribution in [0.4, 0.5) is 0 Å². The smallest absolute Gasteiger partial charge is 0.176 e. The van der Waals surface area contributed by atoms with Crippen molar-refractivity contribution in [2.75, 3.05) is 0 Å². The zero-order valence-corrected chi connectivity index (χ0v) is 11.5. The molecule has 0 spiro atoms. The molecule has 0 saturated carbocycles. The van der Waals surface area contributed by atoms with Gasteiger partial charge in [0.2, 0.25) is 0 Å². The predicted molar refractivity (Wildman–Crippen MR) is 62.2 cm³/mol.